The molecule has 0 spiro atoms. The van der Waals surface area contributed by atoms with Crippen LogP contribution in [0.3, 0.4) is 0 Å². The van der Waals surface area contributed by atoms with E-state index in [4.69, 9.17) is 4.74 Å². The van der Waals surface area contributed by atoms with Gasteiger partial charge in [0.2, 0.25) is 0 Å². The van der Waals surface area contributed by atoms with Crippen LogP contribution in [0.15, 0.2) is 48.5 Å². The maximum absolute atomic E-state index is 13.2. The van der Waals surface area contributed by atoms with E-state index in [0.29, 0.717) is 11.8 Å². The van der Waals surface area contributed by atoms with E-state index in [1.54, 1.807) is 30.3 Å². The van der Waals surface area contributed by atoms with Crippen LogP contribution in [0.4, 0.5) is 14.5 Å². The number of para-hydroxylation sites is 1. The Morgan fingerprint density at radius 2 is 1.71 bits per heavy atom. The molecule has 1 saturated heterocycles. The fourth-order valence-corrected chi connectivity index (χ4v) is 4.78. The first-order chi connectivity index (χ1) is 13.2. The average Bonchev–Trinajstić information content (AvgIpc) is 2.99. The van der Waals surface area contributed by atoms with Gasteiger partial charge in [0.25, 0.3) is 5.91 Å². The van der Waals surface area contributed by atoms with Crippen molar-refractivity contribution in [3.8, 4) is 0 Å². The molecule has 0 bridgehead atoms. The second-order valence-corrected chi connectivity index (χ2v) is 8.62. The monoisotopic (exact) mass is 409 g/mol. The van der Waals surface area contributed by atoms with E-state index >= 15 is 0 Å². The van der Waals surface area contributed by atoms with Gasteiger partial charge in [-0.05, 0) is 30.7 Å². The molecule has 1 heterocycles. The van der Waals surface area contributed by atoms with E-state index in [1.807, 2.05) is 0 Å². The molecule has 3 rings (SSSR count). The number of hydrogen-bond acceptors (Lipinski definition) is 5. The summed E-state index contributed by atoms with van der Waals surface area (Å²) in [4.78, 5) is 26.0. The van der Waals surface area contributed by atoms with Crippen LogP contribution in [0.2, 0.25) is 0 Å². The Kier molecular flexibility index (Phi) is 5.73. The third kappa shape index (κ3) is 4.72. The van der Waals surface area contributed by atoms with Gasteiger partial charge in [0, 0.05) is 11.8 Å². The van der Waals surface area contributed by atoms with E-state index in [2.05, 4.69) is 0 Å². The molecule has 0 radical (unpaired) electrons. The normalized spacial score (nSPS) is 17.9. The van der Waals surface area contributed by atoms with Crippen LogP contribution in [0, 0.1) is 11.6 Å². The first kappa shape index (κ1) is 19.9. The molecule has 28 heavy (non-hydrogen) atoms. The summed E-state index contributed by atoms with van der Waals surface area (Å²) in [7, 11) is -3.25. The Bertz CT molecular complexity index is 974. The molecular weight excluding hydrogens is 392 g/mol. The first-order valence-corrected chi connectivity index (χ1v) is 10.3. The molecule has 9 heteroatoms. The van der Waals surface area contributed by atoms with E-state index in [9.17, 15) is 26.8 Å². The van der Waals surface area contributed by atoms with Crippen molar-refractivity contribution >= 4 is 27.4 Å². The first-order valence-electron chi connectivity index (χ1n) is 8.46. The molecule has 2 aromatic rings. The van der Waals surface area contributed by atoms with Crippen molar-refractivity contribution in [3.63, 3.8) is 0 Å². The van der Waals surface area contributed by atoms with Crippen molar-refractivity contribution < 1.29 is 31.5 Å². The van der Waals surface area contributed by atoms with Crippen LogP contribution < -0.4 is 4.90 Å². The highest BCUT2D eigenvalue weighted by molar-refractivity contribution is 7.91. The van der Waals surface area contributed by atoms with Crippen LogP contribution in [-0.4, -0.2) is 44.4 Å². The van der Waals surface area contributed by atoms with Crippen LogP contribution in [0.5, 0.6) is 0 Å². The SMILES string of the molecule is O=C(OCC(=O)N(c1ccccc1)[C@@H]1CCS(=O)(=O)C1)c1cc(F)cc(F)c1. The maximum Gasteiger partial charge on any atom is 0.338 e. The molecule has 1 aliphatic heterocycles. The summed E-state index contributed by atoms with van der Waals surface area (Å²) in [5, 5.41) is 0. The van der Waals surface area contributed by atoms with Gasteiger partial charge < -0.3 is 9.64 Å². The summed E-state index contributed by atoms with van der Waals surface area (Å²) in [6, 6.07) is 10.1. The fourth-order valence-electron chi connectivity index (χ4n) is 3.08. The highest BCUT2D eigenvalue weighted by Crippen LogP contribution is 2.24. The van der Waals surface area contributed by atoms with Crippen LogP contribution >= 0.6 is 0 Å². The third-order valence-corrected chi connectivity index (χ3v) is 6.05. The Hall–Kier alpha value is -2.81. The summed E-state index contributed by atoms with van der Waals surface area (Å²) in [5.41, 5.74) is 0.113. The fraction of sp³-hybridized carbons (Fsp3) is 0.263. The molecular formula is C19H17F2NO5S. The molecule has 1 atom stereocenters. The molecule has 0 aliphatic carbocycles. The van der Waals surface area contributed by atoms with Crippen molar-refractivity contribution in [3.05, 3.63) is 65.7 Å². The van der Waals surface area contributed by atoms with Crippen molar-refractivity contribution in [2.45, 2.75) is 12.5 Å². The number of ether oxygens (including phenoxy) is 1. The van der Waals surface area contributed by atoms with E-state index in [-0.39, 0.29) is 23.5 Å². The molecule has 0 saturated carbocycles. The summed E-state index contributed by atoms with van der Waals surface area (Å²) in [6.45, 7) is -0.692. The number of benzene rings is 2. The number of esters is 1. The van der Waals surface area contributed by atoms with Gasteiger partial charge in [-0.2, -0.15) is 0 Å². The number of anilines is 1. The number of hydrogen-bond donors (Lipinski definition) is 0. The average molecular weight is 409 g/mol. The van der Waals surface area contributed by atoms with Gasteiger partial charge in [0.1, 0.15) is 11.6 Å². The van der Waals surface area contributed by atoms with E-state index in [0.717, 1.165) is 12.1 Å². The lowest BCUT2D eigenvalue weighted by Gasteiger charge is -2.28. The minimum absolute atomic E-state index is 0.0311. The number of carbonyl (C=O) groups is 2. The summed E-state index contributed by atoms with van der Waals surface area (Å²) >= 11 is 0. The van der Waals surface area contributed by atoms with Crippen LogP contribution in [0.1, 0.15) is 16.8 Å². The number of sulfone groups is 1. The Morgan fingerprint density at radius 3 is 2.29 bits per heavy atom. The zero-order valence-corrected chi connectivity index (χ0v) is 15.5. The van der Waals surface area contributed by atoms with Gasteiger partial charge in [-0.15, -0.1) is 0 Å². The Labute approximate surface area is 160 Å². The summed E-state index contributed by atoms with van der Waals surface area (Å²) < 4.78 is 55.0. The zero-order chi connectivity index (χ0) is 20.3. The second-order valence-electron chi connectivity index (χ2n) is 6.39. The molecule has 148 valence electrons. The van der Waals surface area contributed by atoms with Gasteiger partial charge in [-0.3, -0.25) is 4.79 Å². The van der Waals surface area contributed by atoms with Crippen molar-refractivity contribution in [2.24, 2.45) is 0 Å². The molecule has 6 nitrogen and oxygen atoms in total. The van der Waals surface area contributed by atoms with E-state index < -0.39 is 46.0 Å². The quantitative estimate of drug-likeness (QED) is 0.708. The van der Waals surface area contributed by atoms with Gasteiger partial charge in [0.05, 0.1) is 23.1 Å². The van der Waals surface area contributed by atoms with Gasteiger partial charge in [0.15, 0.2) is 16.4 Å². The Morgan fingerprint density at radius 1 is 1.07 bits per heavy atom. The number of halogens is 2. The molecule has 1 fully saturated rings. The predicted octanol–water partition coefficient (Wildman–Crippen LogP) is 2.34. The number of nitrogens with zero attached hydrogens (tertiary/aromatic N) is 1. The molecule has 2 aromatic carbocycles. The lowest BCUT2D eigenvalue weighted by Crippen LogP contribution is -2.43. The standard InChI is InChI=1S/C19H17F2NO5S/c20-14-8-13(9-15(21)10-14)19(24)27-11-18(23)22(16-4-2-1-3-5-16)17-6-7-28(25,26)12-17/h1-5,8-10,17H,6-7,11-12H2/t17-/m1/s1. The highest BCUT2D eigenvalue weighted by Gasteiger charge is 2.35. The van der Waals surface area contributed by atoms with Crippen LogP contribution in [0.25, 0.3) is 0 Å². The largest absolute Gasteiger partial charge is 0.452 e. The number of carbonyl (C=O) groups excluding carboxylic acids is 2. The molecule has 1 aliphatic rings. The topological polar surface area (TPSA) is 80.8 Å². The second kappa shape index (κ2) is 8.05. The van der Waals surface area contributed by atoms with Gasteiger partial charge in [-0.1, -0.05) is 18.2 Å². The summed E-state index contributed by atoms with van der Waals surface area (Å²) in [6.07, 6.45) is 0.270. The smallest absolute Gasteiger partial charge is 0.338 e. The highest BCUT2D eigenvalue weighted by atomic mass is 32.2. The van der Waals surface area contributed by atoms with Crippen molar-refractivity contribution in [1.82, 2.24) is 0 Å². The minimum Gasteiger partial charge on any atom is -0.452 e. The molecule has 0 N–H and O–H groups in total. The Balaban J connectivity index is 1.75. The maximum atomic E-state index is 13.2. The van der Waals surface area contributed by atoms with Crippen LogP contribution in [-0.2, 0) is 19.4 Å². The number of amides is 1. The summed E-state index contributed by atoms with van der Waals surface area (Å²) in [5.74, 6) is -3.79. The molecule has 0 aromatic heterocycles. The lowest BCUT2D eigenvalue weighted by atomic mass is 10.2. The van der Waals surface area contributed by atoms with Crippen molar-refractivity contribution in [1.29, 1.82) is 0 Å². The third-order valence-electron chi connectivity index (χ3n) is 4.30. The molecule has 0 unspecified atom stereocenters. The lowest BCUT2D eigenvalue weighted by molar-refractivity contribution is -0.122. The number of rotatable bonds is 5. The van der Waals surface area contributed by atoms with Crippen molar-refractivity contribution in [2.75, 3.05) is 23.0 Å². The van der Waals surface area contributed by atoms with Gasteiger partial charge >= 0.3 is 5.97 Å². The zero-order valence-electron chi connectivity index (χ0n) is 14.7. The van der Waals surface area contributed by atoms with E-state index in [1.165, 1.54) is 4.90 Å². The predicted molar refractivity (Wildman–Crippen MR) is 97.6 cm³/mol. The van der Waals surface area contributed by atoms with Gasteiger partial charge in [-0.25, -0.2) is 22.0 Å². The molecule has 1 amide bonds. The minimum atomic E-state index is -3.25.